The lowest BCUT2D eigenvalue weighted by Gasteiger charge is -2.37. The number of nitrogens with zero attached hydrogens (tertiary/aromatic N) is 3. The molecule has 1 fully saturated rings. The van der Waals surface area contributed by atoms with Gasteiger partial charge in [-0.15, -0.1) is 0 Å². The largest absolute Gasteiger partial charge is 0.368 e. The van der Waals surface area contributed by atoms with Gasteiger partial charge in [0.25, 0.3) is 5.91 Å². The molecule has 148 valence electrons. The number of hydrogen-bond donors (Lipinski definition) is 1. The van der Waals surface area contributed by atoms with Gasteiger partial charge in [0.1, 0.15) is 11.5 Å². The Morgan fingerprint density at radius 3 is 2.14 bits per heavy atom. The van der Waals surface area contributed by atoms with Gasteiger partial charge >= 0.3 is 0 Å². The van der Waals surface area contributed by atoms with Crippen LogP contribution in [-0.2, 0) is 6.54 Å². The highest BCUT2D eigenvalue weighted by atomic mass is 19.1. The maximum Gasteiger partial charge on any atom is 0.270 e. The number of carbonyl (C=O) groups excluding carboxylic acids is 1. The predicted octanol–water partition coefficient (Wildman–Crippen LogP) is 3.48. The van der Waals surface area contributed by atoms with E-state index in [1.165, 1.54) is 17.8 Å². The summed E-state index contributed by atoms with van der Waals surface area (Å²) in [4.78, 5) is 21.3. The monoisotopic (exact) mass is 390 g/mol. The van der Waals surface area contributed by atoms with Gasteiger partial charge in [0.15, 0.2) is 0 Å². The topological polar surface area (TPSA) is 48.5 Å². The Balaban J connectivity index is 1.31. The van der Waals surface area contributed by atoms with Crippen LogP contribution in [0.15, 0.2) is 72.9 Å². The molecule has 0 saturated carbocycles. The molecule has 0 aliphatic carbocycles. The number of piperazine rings is 1. The predicted molar refractivity (Wildman–Crippen MR) is 113 cm³/mol. The van der Waals surface area contributed by atoms with Crippen LogP contribution in [0, 0.1) is 5.82 Å². The number of amides is 1. The van der Waals surface area contributed by atoms with Gasteiger partial charge in [0.2, 0.25) is 0 Å². The minimum absolute atomic E-state index is 0.241. The molecule has 1 aliphatic heterocycles. The molecule has 4 rings (SSSR count). The Morgan fingerprint density at radius 2 is 1.52 bits per heavy atom. The first kappa shape index (κ1) is 18.9. The Hall–Kier alpha value is -3.41. The quantitative estimate of drug-likeness (QED) is 0.725. The van der Waals surface area contributed by atoms with E-state index in [9.17, 15) is 9.18 Å². The third-order valence-corrected chi connectivity index (χ3v) is 5.11. The number of aromatic nitrogens is 1. The van der Waals surface area contributed by atoms with Crippen molar-refractivity contribution in [3.63, 3.8) is 0 Å². The molecule has 0 radical (unpaired) electrons. The lowest BCUT2D eigenvalue weighted by molar-refractivity contribution is 0.0946. The van der Waals surface area contributed by atoms with Gasteiger partial charge < -0.3 is 15.1 Å². The van der Waals surface area contributed by atoms with Crippen LogP contribution in [0.5, 0.6) is 0 Å². The highest BCUT2D eigenvalue weighted by Crippen LogP contribution is 2.20. The normalized spacial score (nSPS) is 14.0. The number of rotatable bonds is 5. The summed E-state index contributed by atoms with van der Waals surface area (Å²) in [6.45, 7) is 4.05. The van der Waals surface area contributed by atoms with E-state index in [-0.39, 0.29) is 11.7 Å². The van der Waals surface area contributed by atoms with Gasteiger partial charge in [-0.3, -0.25) is 4.79 Å². The van der Waals surface area contributed by atoms with Crippen molar-refractivity contribution in [1.29, 1.82) is 0 Å². The molecule has 0 unspecified atom stereocenters. The van der Waals surface area contributed by atoms with Crippen molar-refractivity contribution in [2.45, 2.75) is 6.54 Å². The number of nitrogens with one attached hydrogen (secondary N) is 1. The summed E-state index contributed by atoms with van der Waals surface area (Å²) in [5.41, 5.74) is 3.48. The molecule has 1 aliphatic rings. The summed E-state index contributed by atoms with van der Waals surface area (Å²) < 4.78 is 12.9. The van der Waals surface area contributed by atoms with E-state index >= 15 is 0 Å². The minimum Gasteiger partial charge on any atom is -0.368 e. The molecule has 6 heteroatoms. The highest BCUT2D eigenvalue weighted by molar-refractivity contribution is 5.92. The molecule has 1 N–H and O–H groups in total. The van der Waals surface area contributed by atoms with Gasteiger partial charge in [-0.1, -0.05) is 30.3 Å². The summed E-state index contributed by atoms with van der Waals surface area (Å²) >= 11 is 0. The van der Waals surface area contributed by atoms with Crippen molar-refractivity contribution < 1.29 is 9.18 Å². The molecule has 29 heavy (non-hydrogen) atoms. The van der Waals surface area contributed by atoms with Crippen LogP contribution in [0.2, 0.25) is 0 Å². The third kappa shape index (κ3) is 4.71. The van der Waals surface area contributed by atoms with E-state index in [0.29, 0.717) is 12.2 Å². The van der Waals surface area contributed by atoms with Crippen LogP contribution in [0.25, 0.3) is 0 Å². The molecule has 0 spiro atoms. The lowest BCUT2D eigenvalue weighted by atomic mass is 10.2. The van der Waals surface area contributed by atoms with Gasteiger partial charge in [-0.25, -0.2) is 9.37 Å². The van der Waals surface area contributed by atoms with Crippen molar-refractivity contribution in [3.05, 3.63) is 90.0 Å². The summed E-state index contributed by atoms with van der Waals surface area (Å²) in [7, 11) is 0. The molecular formula is C23H23FN4O. The molecule has 0 bridgehead atoms. The van der Waals surface area contributed by atoms with Crippen LogP contribution in [-0.4, -0.2) is 37.1 Å². The first-order valence-electron chi connectivity index (χ1n) is 9.73. The Bertz CT molecular complexity index is 937. The van der Waals surface area contributed by atoms with Gasteiger partial charge in [-0.2, -0.15) is 0 Å². The zero-order valence-corrected chi connectivity index (χ0v) is 16.1. The van der Waals surface area contributed by atoms with Crippen LogP contribution >= 0.6 is 0 Å². The van der Waals surface area contributed by atoms with E-state index in [0.717, 1.165) is 37.4 Å². The standard InChI is InChI=1S/C23H23FN4O/c24-19-8-6-18(7-9-19)16-26-23(29)22-11-10-21(17-25-22)28-14-12-27(13-15-28)20-4-2-1-3-5-20/h1-11,17H,12-16H2,(H,26,29). The van der Waals surface area contributed by atoms with Crippen molar-refractivity contribution >= 4 is 17.3 Å². The summed E-state index contributed by atoms with van der Waals surface area (Å²) in [6.07, 6.45) is 1.75. The molecular weight excluding hydrogens is 367 g/mol. The maximum atomic E-state index is 12.9. The number of para-hydroxylation sites is 1. The second-order valence-corrected chi connectivity index (χ2v) is 7.02. The highest BCUT2D eigenvalue weighted by Gasteiger charge is 2.18. The Kier molecular flexibility index (Phi) is 5.70. The number of benzene rings is 2. The van der Waals surface area contributed by atoms with E-state index in [2.05, 4.69) is 44.4 Å². The molecule has 2 aromatic carbocycles. The number of anilines is 2. The molecule has 0 atom stereocenters. The molecule has 1 saturated heterocycles. The summed E-state index contributed by atoms with van der Waals surface area (Å²) in [5.74, 6) is -0.531. The molecule has 1 amide bonds. The average Bonchev–Trinajstić information content (AvgIpc) is 2.79. The first-order chi connectivity index (χ1) is 14.2. The molecule has 3 aromatic rings. The van der Waals surface area contributed by atoms with E-state index in [1.54, 1.807) is 24.4 Å². The SMILES string of the molecule is O=C(NCc1ccc(F)cc1)c1ccc(N2CCN(c3ccccc3)CC2)cn1. The smallest absolute Gasteiger partial charge is 0.270 e. The second-order valence-electron chi connectivity index (χ2n) is 7.02. The van der Waals surface area contributed by atoms with E-state index in [1.807, 2.05) is 12.1 Å². The minimum atomic E-state index is -0.290. The zero-order valence-electron chi connectivity index (χ0n) is 16.1. The van der Waals surface area contributed by atoms with Crippen LogP contribution in [0.1, 0.15) is 16.1 Å². The third-order valence-electron chi connectivity index (χ3n) is 5.11. The van der Waals surface area contributed by atoms with E-state index < -0.39 is 0 Å². The van der Waals surface area contributed by atoms with Gasteiger partial charge in [-0.05, 0) is 42.0 Å². The average molecular weight is 390 g/mol. The number of halogens is 1. The zero-order chi connectivity index (χ0) is 20.1. The number of hydrogen-bond acceptors (Lipinski definition) is 4. The van der Waals surface area contributed by atoms with Gasteiger partial charge in [0, 0.05) is 38.4 Å². The van der Waals surface area contributed by atoms with Crippen LogP contribution < -0.4 is 15.1 Å². The van der Waals surface area contributed by atoms with Crippen molar-refractivity contribution in [2.24, 2.45) is 0 Å². The maximum absolute atomic E-state index is 12.9. The lowest BCUT2D eigenvalue weighted by Crippen LogP contribution is -2.46. The van der Waals surface area contributed by atoms with Crippen LogP contribution in [0.4, 0.5) is 15.8 Å². The Morgan fingerprint density at radius 1 is 0.862 bits per heavy atom. The van der Waals surface area contributed by atoms with Crippen molar-refractivity contribution in [1.82, 2.24) is 10.3 Å². The fourth-order valence-electron chi connectivity index (χ4n) is 3.44. The molecule has 1 aromatic heterocycles. The summed E-state index contributed by atoms with van der Waals surface area (Å²) in [5, 5.41) is 2.81. The second kappa shape index (κ2) is 8.73. The first-order valence-corrected chi connectivity index (χ1v) is 9.73. The fourth-order valence-corrected chi connectivity index (χ4v) is 3.44. The number of pyridine rings is 1. The van der Waals surface area contributed by atoms with E-state index in [4.69, 9.17) is 0 Å². The fraction of sp³-hybridized carbons (Fsp3) is 0.217. The Labute approximate surface area is 169 Å². The summed E-state index contributed by atoms with van der Waals surface area (Å²) in [6, 6.07) is 20.2. The van der Waals surface area contributed by atoms with Crippen molar-refractivity contribution in [3.8, 4) is 0 Å². The van der Waals surface area contributed by atoms with Crippen molar-refractivity contribution in [2.75, 3.05) is 36.0 Å². The van der Waals surface area contributed by atoms with Crippen LogP contribution in [0.3, 0.4) is 0 Å². The number of carbonyl (C=O) groups is 1. The van der Waals surface area contributed by atoms with Gasteiger partial charge in [0.05, 0.1) is 11.9 Å². The molecule has 5 nitrogen and oxygen atoms in total. The molecule has 2 heterocycles.